The van der Waals surface area contributed by atoms with Crippen molar-refractivity contribution >= 4 is 16.7 Å². The van der Waals surface area contributed by atoms with Gasteiger partial charge in [-0.2, -0.15) is 18.3 Å². The molecule has 30 heavy (non-hydrogen) atoms. The fraction of sp³-hybridized carbons (Fsp3) is 0.318. The number of carbonyl (C=O) groups excluding carboxylic acids is 1. The van der Waals surface area contributed by atoms with Crippen molar-refractivity contribution < 1.29 is 22.7 Å². The summed E-state index contributed by atoms with van der Waals surface area (Å²) in [5.41, 5.74) is 3.14. The minimum Gasteiger partial charge on any atom is -0.463 e. The third kappa shape index (κ3) is 4.69. The summed E-state index contributed by atoms with van der Waals surface area (Å²) >= 11 is 0. The molecule has 5 nitrogen and oxygen atoms in total. The molecular weight excluding hydrogens is 395 g/mol. The minimum absolute atomic E-state index is 0.0130. The second-order valence-electron chi connectivity index (χ2n) is 7.41. The summed E-state index contributed by atoms with van der Waals surface area (Å²) in [6.45, 7) is 6.62. The van der Waals surface area contributed by atoms with Gasteiger partial charge in [-0.15, -0.1) is 5.10 Å². The Hall–Kier alpha value is -3.16. The predicted molar refractivity (Wildman–Crippen MR) is 108 cm³/mol. The molecule has 1 unspecified atom stereocenters. The number of halogens is 3. The lowest BCUT2D eigenvalue weighted by atomic mass is 9.96. The van der Waals surface area contributed by atoms with E-state index in [1.54, 1.807) is 30.3 Å². The Morgan fingerprint density at radius 1 is 1.10 bits per heavy atom. The Bertz CT molecular complexity index is 1080. The van der Waals surface area contributed by atoms with E-state index in [-0.39, 0.29) is 17.8 Å². The van der Waals surface area contributed by atoms with Gasteiger partial charge in [0.15, 0.2) is 6.10 Å². The summed E-state index contributed by atoms with van der Waals surface area (Å²) in [7, 11) is 0. The minimum atomic E-state index is -4.50. The van der Waals surface area contributed by atoms with Gasteiger partial charge in [-0.25, -0.2) is 0 Å². The van der Waals surface area contributed by atoms with Gasteiger partial charge in [0, 0.05) is 22.4 Å². The summed E-state index contributed by atoms with van der Waals surface area (Å²) in [6, 6.07) is 10.6. The molecule has 0 spiro atoms. The molecule has 0 aliphatic heterocycles. The molecular formula is C22H22F3N3O2. The number of benzene rings is 2. The number of fused-ring (bicyclic) bond motifs is 1. The van der Waals surface area contributed by atoms with Gasteiger partial charge in [0.2, 0.25) is 5.88 Å². The van der Waals surface area contributed by atoms with Crippen LogP contribution in [0.5, 0.6) is 5.88 Å². The number of alkyl halides is 3. The molecule has 0 aliphatic rings. The third-order valence-electron chi connectivity index (χ3n) is 4.61. The standard InChI is InChI=1S/C22H22F3N3O2/c1-12(2)27-20(29)16-6-5-13(3)19(10-16)15-7-8-18-17(9-15)11-26-28-21(18)30-14(4)22(23,24)25/h5-12,14H,1-4H3,(H,27,29). The van der Waals surface area contributed by atoms with Crippen molar-refractivity contribution in [1.29, 1.82) is 0 Å². The summed E-state index contributed by atoms with van der Waals surface area (Å²) in [6.07, 6.45) is -5.04. The monoisotopic (exact) mass is 417 g/mol. The largest absolute Gasteiger partial charge is 0.463 e. The second kappa shape index (κ2) is 8.30. The topological polar surface area (TPSA) is 64.1 Å². The van der Waals surface area contributed by atoms with E-state index in [4.69, 9.17) is 4.74 Å². The second-order valence-corrected chi connectivity index (χ2v) is 7.41. The zero-order valence-corrected chi connectivity index (χ0v) is 17.0. The Balaban J connectivity index is 1.99. The average molecular weight is 417 g/mol. The van der Waals surface area contributed by atoms with E-state index >= 15 is 0 Å². The van der Waals surface area contributed by atoms with Crippen molar-refractivity contribution in [3.8, 4) is 17.0 Å². The van der Waals surface area contributed by atoms with E-state index < -0.39 is 12.3 Å². The maximum Gasteiger partial charge on any atom is 0.425 e. The van der Waals surface area contributed by atoms with Crippen LogP contribution < -0.4 is 10.1 Å². The Morgan fingerprint density at radius 2 is 1.83 bits per heavy atom. The number of ether oxygens (including phenoxy) is 1. The van der Waals surface area contributed by atoms with Gasteiger partial charge in [-0.1, -0.05) is 12.1 Å². The number of aryl methyl sites for hydroxylation is 1. The van der Waals surface area contributed by atoms with Crippen LogP contribution in [0.15, 0.2) is 42.6 Å². The molecule has 0 radical (unpaired) electrons. The average Bonchev–Trinajstić information content (AvgIpc) is 2.66. The maximum absolute atomic E-state index is 12.8. The highest BCUT2D eigenvalue weighted by atomic mass is 19.4. The Morgan fingerprint density at radius 3 is 2.50 bits per heavy atom. The number of amides is 1. The van der Waals surface area contributed by atoms with Crippen LogP contribution in [0.4, 0.5) is 13.2 Å². The first-order valence-electron chi connectivity index (χ1n) is 9.47. The smallest absolute Gasteiger partial charge is 0.425 e. The van der Waals surface area contributed by atoms with Crippen molar-refractivity contribution in [2.45, 2.75) is 46.0 Å². The van der Waals surface area contributed by atoms with Crippen LogP contribution in [0.2, 0.25) is 0 Å². The van der Waals surface area contributed by atoms with Gasteiger partial charge in [0.25, 0.3) is 5.91 Å². The molecule has 8 heteroatoms. The highest BCUT2D eigenvalue weighted by Crippen LogP contribution is 2.32. The summed E-state index contributed by atoms with van der Waals surface area (Å²) in [4.78, 5) is 12.4. The quantitative estimate of drug-likeness (QED) is 0.629. The van der Waals surface area contributed by atoms with Gasteiger partial charge in [-0.05, 0) is 68.7 Å². The molecule has 3 aromatic rings. The molecule has 3 rings (SSSR count). The van der Waals surface area contributed by atoms with E-state index in [1.165, 1.54) is 6.20 Å². The van der Waals surface area contributed by atoms with Crippen molar-refractivity contribution in [2.75, 3.05) is 0 Å². The molecule has 0 fully saturated rings. The van der Waals surface area contributed by atoms with Gasteiger partial charge in [-0.3, -0.25) is 4.79 Å². The summed E-state index contributed by atoms with van der Waals surface area (Å²) in [5.74, 6) is -0.347. The number of rotatable bonds is 5. The van der Waals surface area contributed by atoms with Gasteiger partial charge in [0.1, 0.15) is 0 Å². The number of hydrogen-bond acceptors (Lipinski definition) is 4. The van der Waals surface area contributed by atoms with E-state index in [9.17, 15) is 18.0 Å². The van der Waals surface area contributed by atoms with Gasteiger partial charge < -0.3 is 10.1 Å². The van der Waals surface area contributed by atoms with Crippen molar-refractivity contribution in [1.82, 2.24) is 15.5 Å². The molecule has 1 N–H and O–H groups in total. The van der Waals surface area contributed by atoms with Crippen LogP contribution in [-0.2, 0) is 0 Å². The molecule has 1 aromatic heterocycles. The number of nitrogens with zero attached hydrogens (tertiary/aromatic N) is 2. The first kappa shape index (κ1) is 21.5. The molecule has 1 heterocycles. The molecule has 2 aromatic carbocycles. The number of hydrogen-bond donors (Lipinski definition) is 1. The lowest BCUT2D eigenvalue weighted by molar-refractivity contribution is -0.189. The van der Waals surface area contributed by atoms with Crippen LogP contribution in [0, 0.1) is 6.92 Å². The maximum atomic E-state index is 12.8. The SMILES string of the molecule is Cc1ccc(C(=O)NC(C)C)cc1-c1ccc2c(OC(C)C(F)(F)F)nncc2c1. The number of nitrogens with one attached hydrogen (secondary N) is 1. The fourth-order valence-corrected chi connectivity index (χ4v) is 2.97. The third-order valence-corrected chi connectivity index (χ3v) is 4.61. The normalized spacial score (nSPS) is 12.8. The van der Waals surface area contributed by atoms with Crippen LogP contribution in [0.25, 0.3) is 21.9 Å². The van der Waals surface area contributed by atoms with Crippen molar-refractivity contribution in [3.63, 3.8) is 0 Å². The molecule has 0 bridgehead atoms. The van der Waals surface area contributed by atoms with Crippen LogP contribution in [0.3, 0.4) is 0 Å². The lowest BCUT2D eigenvalue weighted by Crippen LogP contribution is -2.31. The first-order chi connectivity index (χ1) is 14.1. The molecule has 0 aliphatic carbocycles. The highest BCUT2D eigenvalue weighted by Gasteiger charge is 2.38. The molecule has 158 valence electrons. The fourth-order valence-electron chi connectivity index (χ4n) is 2.97. The predicted octanol–water partition coefficient (Wildman–Crippen LogP) is 5.07. The summed E-state index contributed by atoms with van der Waals surface area (Å²) < 4.78 is 43.5. The van der Waals surface area contributed by atoms with Crippen LogP contribution in [-0.4, -0.2) is 34.4 Å². The van der Waals surface area contributed by atoms with E-state index in [0.29, 0.717) is 16.3 Å². The summed E-state index contributed by atoms with van der Waals surface area (Å²) in [5, 5.41) is 11.4. The zero-order valence-electron chi connectivity index (χ0n) is 17.0. The van der Waals surface area contributed by atoms with Crippen LogP contribution in [0.1, 0.15) is 36.7 Å². The molecule has 0 saturated heterocycles. The molecule has 0 saturated carbocycles. The van der Waals surface area contributed by atoms with Gasteiger partial charge in [0.05, 0.1) is 6.20 Å². The Labute approximate surface area is 172 Å². The molecule has 1 amide bonds. The zero-order chi connectivity index (χ0) is 22.1. The van der Waals surface area contributed by atoms with E-state index in [1.807, 2.05) is 26.8 Å². The molecule has 1 atom stereocenters. The Kier molecular flexibility index (Phi) is 5.96. The first-order valence-corrected chi connectivity index (χ1v) is 9.47. The highest BCUT2D eigenvalue weighted by molar-refractivity contribution is 5.96. The van der Waals surface area contributed by atoms with E-state index in [0.717, 1.165) is 23.6 Å². The number of aromatic nitrogens is 2. The van der Waals surface area contributed by atoms with Gasteiger partial charge >= 0.3 is 6.18 Å². The van der Waals surface area contributed by atoms with Crippen molar-refractivity contribution in [2.24, 2.45) is 0 Å². The van der Waals surface area contributed by atoms with Crippen LogP contribution >= 0.6 is 0 Å². The van der Waals surface area contributed by atoms with E-state index in [2.05, 4.69) is 15.5 Å². The lowest BCUT2D eigenvalue weighted by Gasteiger charge is -2.17. The number of carbonyl (C=O) groups is 1. The van der Waals surface area contributed by atoms with Crippen molar-refractivity contribution in [3.05, 3.63) is 53.7 Å².